The number of hydrogen-bond acceptors (Lipinski definition) is 3. The van der Waals surface area contributed by atoms with E-state index in [0.717, 1.165) is 5.56 Å². The summed E-state index contributed by atoms with van der Waals surface area (Å²) in [6.07, 6.45) is -0.564. The SMILES string of the molecule is O=C1Cc2cc(C(O)c3sccc3Cl)c(Cl)cc2N1. The Morgan fingerprint density at radius 2 is 2.11 bits per heavy atom. The van der Waals surface area contributed by atoms with E-state index in [1.165, 1.54) is 11.3 Å². The van der Waals surface area contributed by atoms with Crippen molar-refractivity contribution in [3.05, 3.63) is 49.6 Å². The van der Waals surface area contributed by atoms with Crippen molar-refractivity contribution in [2.45, 2.75) is 12.5 Å². The molecule has 1 unspecified atom stereocenters. The lowest BCUT2D eigenvalue weighted by molar-refractivity contribution is -0.115. The summed E-state index contributed by atoms with van der Waals surface area (Å²) in [7, 11) is 0. The van der Waals surface area contributed by atoms with Crippen LogP contribution in [0, 0.1) is 0 Å². The summed E-state index contributed by atoms with van der Waals surface area (Å²) in [4.78, 5) is 12.0. The fraction of sp³-hybridized carbons (Fsp3) is 0.154. The fourth-order valence-corrected chi connectivity index (χ4v) is 3.55. The van der Waals surface area contributed by atoms with Crippen molar-refractivity contribution < 1.29 is 9.90 Å². The minimum Gasteiger partial charge on any atom is -0.383 e. The molecule has 0 fully saturated rings. The number of carbonyl (C=O) groups is 1. The molecule has 2 N–H and O–H groups in total. The second-order valence-corrected chi connectivity index (χ2v) is 6.05. The number of anilines is 1. The second-order valence-electron chi connectivity index (χ2n) is 4.29. The van der Waals surface area contributed by atoms with Gasteiger partial charge in [0, 0.05) is 16.3 Å². The minimum absolute atomic E-state index is 0.0631. The minimum atomic E-state index is -0.874. The van der Waals surface area contributed by atoms with Gasteiger partial charge in [-0.15, -0.1) is 11.3 Å². The van der Waals surface area contributed by atoms with E-state index in [1.807, 2.05) is 5.38 Å². The number of carbonyl (C=O) groups excluding carboxylic acids is 1. The molecule has 0 aliphatic carbocycles. The Labute approximate surface area is 123 Å². The smallest absolute Gasteiger partial charge is 0.228 e. The third-order valence-corrected chi connectivity index (χ3v) is 4.77. The third-order valence-electron chi connectivity index (χ3n) is 3.04. The Kier molecular flexibility index (Phi) is 3.27. The molecular formula is C13H9Cl2NO2S. The number of benzene rings is 1. The van der Waals surface area contributed by atoms with Crippen LogP contribution in [0.4, 0.5) is 5.69 Å². The highest BCUT2D eigenvalue weighted by Crippen LogP contribution is 2.38. The molecule has 6 heteroatoms. The van der Waals surface area contributed by atoms with Crippen molar-refractivity contribution in [1.82, 2.24) is 0 Å². The van der Waals surface area contributed by atoms with Gasteiger partial charge < -0.3 is 10.4 Å². The highest BCUT2D eigenvalue weighted by atomic mass is 35.5. The average molecular weight is 314 g/mol. The summed E-state index contributed by atoms with van der Waals surface area (Å²) in [5, 5.41) is 15.8. The first kappa shape index (κ1) is 12.9. The molecule has 2 aromatic rings. The maximum Gasteiger partial charge on any atom is 0.228 e. The van der Waals surface area contributed by atoms with Gasteiger partial charge in [-0.05, 0) is 29.1 Å². The average Bonchev–Trinajstić information content (AvgIpc) is 2.92. The van der Waals surface area contributed by atoms with Crippen molar-refractivity contribution in [2.75, 3.05) is 5.32 Å². The summed E-state index contributed by atoms with van der Waals surface area (Å²) < 4.78 is 0. The van der Waals surface area contributed by atoms with E-state index in [9.17, 15) is 9.90 Å². The van der Waals surface area contributed by atoms with E-state index in [4.69, 9.17) is 23.2 Å². The molecule has 0 saturated carbocycles. The van der Waals surface area contributed by atoms with E-state index in [0.29, 0.717) is 32.6 Å². The third kappa shape index (κ3) is 2.25. The van der Waals surface area contributed by atoms with Gasteiger partial charge >= 0.3 is 0 Å². The van der Waals surface area contributed by atoms with Crippen molar-refractivity contribution in [2.24, 2.45) is 0 Å². The molecule has 2 heterocycles. The van der Waals surface area contributed by atoms with Crippen LogP contribution < -0.4 is 5.32 Å². The van der Waals surface area contributed by atoms with Gasteiger partial charge in [0.15, 0.2) is 0 Å². The molecule has 1 aliphatic heterocycles. The predicted molar refractivity (Wildman–Crippen MR) is 77.2 cm³/mol. The van der Waals surface area contributed by atoms with Crippen LogP contribution in [0.3, 0.4) is 0 Å². The Bertz CT molecular complexity index is 669. The normalized spacial score (nSPS) is 15.2. The van der Waals surface area contributed by atoms with Gasteiger partial charge in [0.25, 0.3) is 0 Å². The summed E-state index contributed by atoms with van der Waals surface area (Å²) in [6.45, 7) is 0. The topological polar surface area (TPSA) is 49.3 Å². The van der Waals surface area contributed by atoms with E-state index in [1.54, 1.807) is 18.2 Å². The standard InChI is InChI=1S/C13H9Cl2NO2S/c14-8-1-2-19-13(8)12(18)7-3-6-4-11(17)16-10(6)5-9(7)15/h1-3,5,12,18H,4H2,(H,16,17). The van der Waals surface area contributed by atoms with Crippen LogP contribution in [0.2, 0.25) is 10.0 Å². The number of rotatable bonds is 2. The summed E-state index contributed by atoms with van der Waals surface area (Å²) in [5.74, 6) is -0.0631. The zero-order valence-electron chi connectivity index (χ0n) is 9.61. The van der Waals surface area contributed by atoms with E-state index in [-0.39, 0.29) is 5.91 Å². The Hall–Kier alpha value is -1.07. The fourth-order valence-electron chi connectivity index (χ4n) is 2.12. The Morgan fingerprint density at radius 1 is 1.32 bits per heavy atom. The van der Waals surface area contributed by atoms with Crippen LogP contribution in [0.15, 0.2) is 23.6 Å². The number of aliphatic hydroxyl groups is 1. The number of nitrogens with one attached hydrogen (secondary N) is 1. The lowest BCUT2D eigenvalue weighted by atomic mass is 10.0. The molecule has 1 atom stereocenters. The van der Waals surface area contributed by atoms with Crippen LogP contribution >= 0.6 is 34.5 Å². The Balaban J connectivity index is 2.05. The second kappa shape index (κ2) is 4.80. The molecule has 1 aromatic carbocycles. The van der Waals surface area contributed by atoms with Crippen molar-refractivity contribution >= 4 is 46.1 Å². The number of amides is 1. The van der Waals surface area contributed by atoms with Crippen LogP contribution in [-0.4, -0.2) is 11.0 Å². The maximum atomic E-state index is 11.3. The molecular weight excluding hydrogens is 305 g/mol. The number of fused-ring (bicyclic) bond motifs is 1. The zero-order chi connectivity index (χ0) is 13.6. The molecule has 1 aliphatic rings. The first-order valence-corrected chi connectivity index (χ1v) is 7.23. The number of aliphatic hydroxyl groups excluding tert-OH is 1. The molecule has 3 rings (SSSR count). The predicted octanol–water partition coefficient (Wildman–Crippen LogP) is 3.63. The highest BCUT2D eigenvalue weighted by molar-refractivity contribution is 7.10. The van der Waals surface area contributed by atoms with Gasteiger partial charge in [-0.3, -0.25) is 4.79 Å². The van der Waals surface area contributed by atoms with Gasteiger partial charge in [0.1, 0.15) is 6.10 Å². The summed E-state index contributed by atoms with van der Waals surface area (Å²) in [5.41, 5.74) is 2.13. The first-order chi connectivity index (χ1) is 9.06. The van der Waals surface area contributed by atoms with Crippen molar-refractivity contribution in [1.29, 1.82) is 0 Å². The molecule has 1 aromatic heterocycles. The number of thiophene rings is 1. The molecule has 0 radical (unpaired) electrons. The van der Waals surface area contributed by atoms with E-state index < -0.39 is 6.10 Å². The van der Waals surface area contributed by atoms with Gasteiger partial charge in [0.2, 0.25) is 5.91 Å². The van der Waals surface area contributed by atoms with Crippen molar-refractivity contribution in [3.63, 3.8) is 0 Å². The van der Waals surface area contributed by atoms with Gasteiger partial charge in [-0.2, -0.15) is 0 Å². The molecule has 19 heavy (non-hydrogen) atoms. The highest BCUT2D eigenvalue weighted by Gasteiger charge is 2.24. The van der Waals surface area contributed by atoms with Gasteiger partial charge in [-0.25, -0.2) is 0 Å². The molecule has 98 valence electrons. The number of halogens is 2. The van der Waals surface area contributed by atoms with Crippen LogP contribution in [-0.2, 0) is 11.2 Å². The lowest BCUT2D eigenvalue weighted by Crippen LogP contribution is -2.03. The maximum absolute atomic E-state index is 11.3. The quantitative estimate of drug-likeness (QED) is 0.889. The van der Waals surface area contributed by atoms with Crippen molar-refractivity contribution in [3.8, 4) is 0 Å². The molecule has 1 amide bonds. The largest absolute Gasteiger partial charge is 0.383 e. The summed E-state index contributed by atoms with van der Waals surface area (Å²) in [6, 6.07) is 5.16. The van der Waals surface area contributed by atoms with Crippen LogP contribution in [0.1, 0.15) is 22.1 Å². The zero-order valence-corrected chi connectivity index (χ0v) is 11.9. The molecule has 0 saturated heterocycles. The molecule has 0 spiro atoms. The lowest BCUT2D eigenvalue weighted by Gasteiger charge is -2.13. The number of hydrogen-bond donors (Lipinski definition) is 2. The van der Waals surface area contributed by atoms with Crippen LogP contribution in [0.25, 0.3) is 0 Å². The summed E-state index contributed by atoms with van der Waals surface area (Å²) >= 11 is 13.6. The first-order valence-electron chi connectivity index (χ1n) is 5.59. The van der Waals surface area contributed by atoms with Gasteiger partial charge in [0.05, 0.1) is 16.3 Å². The molecule has 3 nitrogen and oxygen atoms in total. The Morgan fingerprint density at radius 3 is 2.79 bits per heavy atom. The van der Waals surface area contributed by atoms with E-state index >= 15 is 0 Å². The monoisotopic (exact) mass is 313 g/mol. The van der Waals surface area contributed by atoms with Crippen LogP contribution in [0.5, 0.6) is 0 Å². The van der Waals surface area contributed by atoms with Gasteiger partial charge in [-0.1, -0.05) is 23.2 Å². The molecule has 0 bridgehead atoms. The van der Waals surface area contributed by atoms with E-state index in [2.05, 4.69) is 5.32 Å².